The van der Waals surface area contributed by atoms with Crippen LogP contribution in [0, 0.1) is 12.8 Å². The molecule has 1 fully saturated rings. The van der Waals surface area contributed by atoms with E-state index in [2.05, 4.69) is 5.32 Å². The Balaban J connectivity index is 1.44. The van der Waals surface area contributed by atoms with Crippen LogP contribution in [0.3, 0.4) is 0 Å². The Morgan fingerprint density at radius 3 is 2.41 bits per heavy atom. The standard InChI is InChI=1S/C26H30N4O3S/c1-20-8-10-22(11-9-20)26-23(19-30(28-26)24-6-4-3-5-7-24)12-13-25(31)27-18-21-14-16-29(17-15-21)34(2,32)33/h3-13,19,21H,14-18H2,1-2H3,(H,27,31)/b13-12+. The fraction of sp³-hybridized carbons (Fsp3) is 0.308. The van der Waals surface area contributed by atoms with Gasteiger partial charge in [0.25, 0.3) is 0 Å². The Hall–Kier alpha value is -3.23. The molecule has 0 spiro atoms. The van der Waals surface area contributed by atoms with Gasteiger partial charge < -0.3 is 5.32 Å². The lowest BCUT2D eigenvalue weighted by molar-refractivity contribution is -0.116. The molecule has 7 nitrogen and oxygen atoms in total. The smallest absolute Gasteiger partial charge is 0.244 e. The number of carbonyl (C=O) groups excluding carboxylic acids is 1. The minimum Gasteiger partial charge on any atom is -0.352 e. The number of rotatable bonds is 7. The Morgan fingerprint density at radius 2 is 1.76 bits per heavy atom. The summed E-state index contributed by atoms with van der Waals surface area (Å²) in [7, 11) is -3.14. The Labute approximate surface area is 201 Å². The third-order valence-electron chi connectivity index (χ3n) is 6.11. The molecule has 0 radical (unpaired) electrons. The van der Waals surface area contributed by atoms with Gasteiger partial charge in [0.2, 0.25) is 15.9 Å². The van der Waals surface area contributed by atoms with Crippen molar-refractivity contribution in [2.75, 3.05) is 25.9 Å². The Morgan fingerprint density at radius 1 is 1.09 bits per heavy atom. The number of amides is 1. The molecule has 0 bridgehead atoms. The second-order valence-electron chi connectivity index (χ2n) is 8.76. The van der Waals surface area contributed by atoms with Crippen LogP contribution in [0.2, 0.25) is 0 Å². The number of hydrogen-bond donors (Lipinski definition) is 1. The van der Waals surface area contributed by atoms with E-state index in [1.807, 2.05) is 72.4 Å². The maximum Gasteiger partial charge on any atom is 0.244 e. The molecule has 0 atom stereocenters. The van der Waals surface area contributed by atoms with Gasteiger partial charge in [0.1, 0.15) is 0 Å². The van der Waals surface area contributed by atoms with Crippen LogP contribution in [-0.4, -0.2) is 54.3 Å². The fourth-order valence-corrected chi connectivity index (χ4v) is 4.95. The van der Waals surface area contributed by atoms with Crippen molar-refractivity contribution in [1.29, 1.82) is 0 Å². The second-order valence-corrected chi connectivity index (χ2v) is 10.7. The molecule has 1 amide bonds. The predicted molar refractivity (Wildman–Crippen MR) is 135 cm³/mol. The van der Waals surface area contributed by atoms with Gasteiger partial charge in [-0.25, -0.2) is 17.4 Å². The van der Waals surface area contributed by atoms with Gasteiger partial charge in [-0.1, -0.05) is 48.0 Å². The number of nitrogens with zero attached hydrogens (tertiary/aromatic N) is 3. The van der Waals surface area contributed by atoms with E-state index in [0.717, 1.165) is 35.3 Å². The lowest BCUT2D eigenvalue weighted by Crippen LogP contribution is -2.40. The zero-order valence-corrected chi connectivity index (χ0v) is 20.3. The van der Waals surface area contributed by atoms with Gasteiger partial charge in [0.05, 0.1) is 17.6 Å². The number of piperidine rings is 1. The van der Waals surface area contributed by atoms with Crippen molar-refractivity contribution in [3.63, 3.8) is 0 Å². The topological polar surface area (TPSA) is 84.3 Å². The van der Waals surface area contributed by atoms with Crippen LogP contribution in [0.15, 0.2) is 66.9 Å². The van der Waals surface area contributed by atoms with E-state index in [1.165, 1.54) is 22.2 Å². The van der Waals surface area contributed by atoms with Crippen LogP contribution in [0.5, 0.6) is 0 Å². The molecule has 178 valence electrons. The van der Waals surface area contributed by atoms with E-state index in [4.69, 9.17) is 5.10 Å². The number of sulfonamides is 1. The first-order valence-electron chi connectivity index (χ1n) is 11.4. The van der Waals surface area contributed by atoms with E-state index in [0.29, 0.717) is 19.6 Å². The van der Waals surface area contributed by atoms with Gasteiger partial charge in [-0.2, -0.15) is 5.10 Å². The van der Waals surface area contributed by atoms with Gasteiger partial charge in [0.15, 0.2) is 0 Å². The SMILES string of the molecule is Cc1ccc(-c2nn(-c3ccccc3)cc2/C=C/C(=O)NCC2CCN(S(C)(=O)=O)CC2)cc1. The zero-order chi connectivity index (χ0) is 24.1. The molecule has 2 aromatic carbocycles. The zero-order valence-electron chi connectivity index (χ0n) is 19.5. The van der Waals surface area contributed by atoms with Crippen molar-refractivity contribution in [1.82, 2.24) is 19.4 Å². The summed E-state index contributed by atoms with van der Waals surface area (Å²) in [4.78, 5) is 12.5. The molecule has 3 aromatic rings. The van der Waals surface area contributed by atoms with Crippen LogP contribution in [-0.2, 0) is 14.8 Å². The summed E-state index contributed by atoms with van der Waals surface area (Å²) in [6, 6.07) is 18.0. The third-order valence-corrected chi connectivity index (χ3v) is 7.41. The largest absolute Gasteiger partial charge is 0.352 e. The average molecular weight is 479 g/mol. The number of aryl methyl sites for hydroxylation is 1. The van der Waals surface area contributed by atoms with E-state index in [-0.39, 0.29) is 11.8 Å². The monoisotopic (exact) mass is 478 g/mol. The van der Waals surface area contributed by atoms with Crippen molar-refractivity contribution in [3.8, 4) is 16.9 Å². The fourth-order valence-electron chi connectivity index (χ4n) is 4.07. The van der Waals surface area contributed by atoms with Crippen LogP contribution in [0.4, 0.5) is 0 Å². The third kappa shape index (κ3) is 6.01. The first-order valence-corrected chi connectivity index (χ1v) is 13.3. The highest BCUT2D eigenvalue weighted by Gasteiger charge is 2.24. The molecule has 0 aliphatic carbocycles. The number of aromatic nitrogens is 2. The number of para-hydroxylation sites is 1. The first-order chi connectivity index (χ1) is 16.3. The number of nitrogens with one attached hydrogen (secondary N) is 1. The summed E-state index contributed by atoms with van der Waals surface area (Å²) < 4.78 is 26.6. The highest BCUT2D eigenvalue weighted by molar-refractivity contribution is 7.88. The highest BCUT2D eigenvalue weighted by atomic mass is 32.2. The number of carbonyl (C=O) groups is 1. The molecule has 8 heteroatoms. The summed E-state index contributed by atoms with van der Waals surface area (Å²) in [5, 5.41) is 7.75. The van der Waals surface area contributed by atoms with Crippen LogP contribution in [0.25, 0.3) is 23.0 Å². The summed E-state index contributed by atoms with van der Waals surface area (Å²) in [5.41, 5.74) is 4.76. The van der Waals surface area contributed by atoms with E-state index in [9.17, 15) is 13.2 Å². The minimum absolute atomic E-state index is 0.173. The van der Waals surface area contributed by atoms with Crippen molar-refractivity contribution in [3.05, 3.63) is 78.0 Å². The lowest BCUT2D eigenvalue weighted by Gasteiger charge is -2.30. The maximum atomic E-state index is 12.5. The van der Waals surface area contributed by atoms with Crippen molar-refractivity contribution >= 4 is 22.0 Å². The Bertz CT molecular complexity index is 1260. The van der Waals surface area contributed by atoms with Crippen LogP contribution < -0.4 is 5.32 Å². The molecule has 1 aromatic heterocycles. The summed E-state index contributed by atoms with van der Waals surface area (Å²) in [6.45, 7) is 3.60. The molecule has 1 saturated heterocycles. The van der Waals surface area contributed by atoms with E-state index in [1.54, 1.807) is 6.08 Å². The van der Waals surface area contributed by atoms with Crippen LogP contribution >= 0.6 is 0 Å². The normalized spacial score (nSPS) is 15.6. The van der Waals surface area contributed by atoms with Gasteiger partial charge in [0, 0.05) is 43.0 Å². The Kier molecular flexibility index (Phi) is 7.29. The second kappa shape index (κ2) is 10.4. The molecule has 1 N–H and O–H groups in total. The van der Waals surface area contributed by atoms with Crippen molar-refractivity contribution < 1.29 is 13.2 Å². The van der Waals surface area contributed by atoms with E-state index < -0.39 is 10.0 Å². The molecule has 4 rings (SSSR count). The van der Waals surface area contributed by atoms with E-state index >= 15 is 0 Å². The highest BCUT2D eigenvalue weighted by Crippen LogP contribution is 2.25. The van der Waals surface area contributed by atoms with Gasteiger partial charge in [-0.3, -0.25) is 4.79 Å². The molecule has 1 aliphatic heterocycles. The molecule has 0 saturated carbocycles. The van der Waals surface area contributed by atoms with Gasteiger partial charge in [-0.15, -0.1) is 0 Å². The molecule has 1 aliphatic rings. The summed E-state index contributed by atoms with van der Waals surface area (Å²) in [5.74, 6) is 0.104. The quantitative estimate of drug-likeness (QED) is 0.526. The molecule has 34 heavy (non-hydrogen) atoms. The average Bonchev–Trinajstić information content (AvgIpc) is 3.26. The summed E-state index contributed by atoms with van der Waals surface area (Å²) in [6.07, 6.45) is 8.00. The summed E-state index contributed by atoms with van der Waals surface area (Å²) >= 11 is 0. The minimum atomic E-state index is -3.14. The predicted octanol–water partition coefficient (Wildman–Crippen LogP) is 3.65. The molecular weight excluding hydrogens is 448 g/mol. The number of benzene rings is 2. The molecular formula is C26H30N4O3S. The van der Waals surface area contributed by atoms with Crippen molar-refractivity contribution in [2.45, 2.75) is 19.8 Å². The molecule has 2 heterocycles. The maximum absolute atomic E-state index is 12.5. The molecule has 0 unspecified atom stereocenters. The van der Waals surface area contributed by atoms with Gasteiger partial charge in [-0.05, 0) is 43.9 Å². The first kappa shape index (κ1) is 23.9. The lowest BCUT2D eigenvalue weighted by atomic mass is 9.98. The van der Waals surface area contributed by atoms with Gasteiger partial charge >= 0.3 is 0 Å². The van der Waals surface area contributed by atoms with Crippen molar-refractivity contribution in [2.24, 2.45) is 5.92 Å². The van der Waals surface area contributed by atoms with Crippen LogP contribution in [0.1, 0.15) is 24.0 Å². The number of hydrogen-bond acceptors (Lipinski definition) is 4.